The van der Waals surface area contributed by atoms with Crippen LogP contribution in [-0.2, 0) is 9.53 Å². The lowest BCUT2D eigenvalue weighted by molar-refractivity contribution is -0.236. The van der Waals surface area contributed by atoms with Gasteiger partial charge in [-0.1, -0.05) is 6.42 Å². The summed E-state index contributed by atoms with van der Waals surface area (Å²) in [5, 5.41) is 40.3. The molecular formula is C12H24N2O6. The Morgan fingerprint density at radius 3 is 2.40 bits per heavy atom. The number of rotatable bonds is 7. The van der Waals surface area contributed by atoms with Gasteiger partial charge in [-0.3, -0.25) is 4.79 Å². The van der Waals surface area contributed by atoms with Crippen molar-refractivity contribution in [1.29, 1.82) is 0 Å². The topological polar surface area (TPSA) is 145 Å². The summed E-state index contributed by atoms with van der Waals surface area (Å²) in [6.07, 6.45) is -3.91. The second kappa shape index (κ2) is 8.50. The van der Waals surface area contributed by atoms with Crippen LogP contribution in [0.1, 0.15) is 25.7 Å². The highest BCUT2D eigenvalue weighted by molar-refractivity contribution is 5.76. The molecule has 1 rings (SSSR count). The normalized spacial score (nSPS) is 34.0. The van der Waals surface area contributed by atoms with E-state index in [1.807, 2.05) is 0 Å². The monoisotopic (exact) mass is 292 g/mol. The van der Waals surface area contributed by atoms with E-state index in [-0.39, 0.29) is 12.3 Å². The van der Waals surface area contributed by atoms with Gasteiger partial charge in [0.15, 0.2) is 6.23 Å². The van der Waals surface area contributed by atoms with Gasteiger partial charge in [0, 0.05) is 6.42 Å². The Labute approximate surface area is 117 Å². The van der Waals surface area contributed by atoms with Crippen LogP contribution in [0.2, 0.25) is 0 Å². The molecule has 1 amide bonds. The van der Waals surface area contributed by atoms with Crippen LogP contribution < -0.4 is 11.1 Å². The Hall–Kier alpha value is -0.770. The molecule has 7 N–H and O–H groups in total. The number of aliphatic hydroxyl groups is 4. The van der Waals surface area contributed by atoms with E-state index in [1.54, 1.807) is 0 Å². The molecule has 1 aliphatic rings. The quantitative estimate of drug-likeness (QED) is 0.283. The molecule has 0 spiro atoms. The van der Waals surface area contributed by atoms with Crippen LogP contribution in [0.5, 0.6) is 0 Å². The smallest absolute Gasteiger partial charge is 0.222 e. The fourth-order valence-electron chi connectivity index (χ4n) is 2.06. The SMILES string of the molecule is NCCCCCC(=O)N[C@@H]1O[C@H](CO)[C@H](O)[C@H](O)[C@@H]1O. The molecular weight excluding hydrogens is 268 g/mol. The summed E-state index contributed by atoms with van der Waals surface area (Å²) in [7, 11) is 0. The van der Waals surface area contributed by atoms with E-state index >= 15 is 0 Å². The molecule has 0 aromatic heterocycles. The van der Waals surface area contributed by atoms with E-state index < -0.39 is 37.3 Å². The maximum absolute atomic E-state index is 11.7. The fraction of sp³-hybridized carbons (Fsp3) is 0.917. The van der Waals surface area contributed by atoms with Gasteiger partial charge in [0.25, 0.3) is 0 Å². The highest BCUT2D eigenvalue weighted by atomic mass is 16.6. The number of carbonyl (C=O) groups excluding carboxylic acids is 1. The summed E-state index contributed by atoms with van der Waals surface area (Å²) in [6.45, 7) is 0.0577. The molecule has 1 fully saturated rings. The summed E-state index contributed by atoms with van der Waals surface area (Å²) in [5.74, 6) is -0.327. The second-order valence-corrected chi connectivity index (χ2v) is 4.92. The van der Waals surface area contributed by atoms with Crippen LogP contribution in [0, 0.1) is 0 Å². The molecule has 0 saturated carbocycles. The average Bonchev–Trinajstić information content (AvgIpc) is 2.44. The van der Waals surface area contributed by atoms with Gasteiger partial charge in [0.05, 0.1) is 6.61 Å². The highest BCUT2D eigenvalue weighted by Crippen LogP contribution is 2.19. The molecule has 0 aromatic rings. The van der Waals surface area contributed by atoms with E-state index in [9.17, 15) is 20.1 Å². The van der Waals surface area contributed by atoms with Crippen molar-refractivity contribution in [1.82, 2.24) is 5.32 Å². The lowest BCUT2D eigenvalue weighted by Crippen LogP contribution is -2.63. The molecule has 1 heterocycles. The summed E-state index contributed by atoms with van der Waals surface area (Å²) >= 11 is 0. The van der Waals surface area contributed by atoms with Gasteiger partial charge >= 0.3 is 0 Å². The molecule has 118 valence electrons. The minimum Gasteiger partial charge on any atom is -0.394 e. The zero-order valence-electron chi connectivity index (χ0n) is 11.3. The van der Waals surface area contributed by atoms with Gasteiger partial charge < -0.3 is 36.2 Å². The molecule has 5 atom stereocenters. The van der Waals surface area contributed by atoms with E-state index in [1.165, 1.54) is 0 Å². The molecule has 8 heteroatoms. The van der Waals surface area contributed by atoms with Gasteiger partial charge in [-0.25, -0.2) is 0 Å². The summed E-state index contributed by atoms with van der Waals surface area (Å²) in [6, 6.07) is 0. The fourth-order valence-corrected chi connectivity index (χ4v) is 2.06. The van der Waals surface area contributed by atoms with E-state index in [0.29, 0.717) is 13.0 Å². The molecule has 0 radical (unpaired) electrons. The maximum atomic E-state index is 11.7. The van der Waals surface area contributed by atoms with Crippen molar-refractivity contribution in [2.45, 2.75) is 56.3 Å². The van der Waals surface area contributed by atoms with Crippen molar-refractivity contribution < 1.29 is 30.0 Å². The Morgan fingerprint density at radius 2 is 1.80 bits per heavy atom. The van der Waals surface area contributed by atoms with Gasteiger partial charge in [-0.15, -0.1) is 0 Å². The van der Waals surface area contributed by atoms with Crippen molar-refractivity contribution in [2.24, 2.45) is 5.73 Å². The number of ether oxygens (including phenoxy) is 1. The molecule has 8 nitrogen and oxygen atoms in total. The Morgan fingerprint density at radius 1 is 1.10 bits per heavy atom. The molecule has 1 aliphatic heterocycles. The second-order valence-electron chi connectivity index (χ2n) is 4.92. The van der Waals surface area contributed by atoms with Crippen LogP contribution >= 0.6 is 0 Å². The van der Waals surface area contributed by atoms with Crippen LogP contribution in [0.3, 0.4) is 0 Å². The van der Waals surface area contributed by atoms with Crippen molar-refractivity contribution in [2.75, 3.05) is 13.2 Å². The van der Waals surface area contributed by atoms with Gasteiger partial charge in [0.2, 0.25) is 5.91 Å². The molecule has 20 heavy (non-hydrogen) atoms. The largest absolute Gasteiger partial charge is 0.394 e. The number of nitrogens with two attached hydrogens (primary N) is 1. The number of hydrogen-bond donors (Lipinski definition) is 6. The highest BCUT2D eigenvalue weighted by Gasteiger charge is 2.43. The van der Waals surface area contributed by atoms with E-state index in [0.717, 1.165) is 12.8 Å². The number of amides is 1. The molecule has 0 bridgehead atoms. The standard InChI is InChI=1S/C12H24N2O6/c13-5-3-1-2-4-8(16)14-12-11(19)10(18)9(17)7(6-15)20-12/h7,9-12,15,17-19H,1-6,13H2,(H,14,16)/t7-,9+,10+,11+,12-/m1/s1. The Balaban J connectivity index is 2.43. The number of carbonyl (C=O) groups is 1. The third kappa shape index (κ3) is 4.65. The van der Waals surface area contributed by atoms with Gasteiger partial charge in [0.1, 0.15) is 24.4 Å². The average molecular weight is 292 g/mol. The molecule has 1 saturated heterocycles. The van der Waals surface area contributed by atoms with E-state index in [2.05, 4.69) is 5.32 Å². The third-order valence-corrected chi connectivity index (χ3v) is 3.30. The van der Waals surface area contributed by atoms with Crippen molar-refractivity contribution in [3.8, 4) is 0 Å². The number of nitrogens with one attached hydrogen (secondary N) is 1. The van der Waals surface area contributed by atoms with Crippen LogP contribution in [-0.4, -0.2) is 70.1 Å². The molecule has 0 aliphatic carbocycles. The summed E-state index contributed by atoms with van der Waals surface area (Å²) < 4.78 is 5.17. The summed E-state index contributed by atoms with van der Waals surface area (Å²) in [4.78, 5) is 11.7. The third-order valence-electron chi connectivity index (χ3n) is 3.30. The minimum atomic E-state index is -1.48. The minimum absolute atomic E-state index is 0.259. The first kappa shape index (κ1) is 17.3. The lowest BCUT2D eigenvalue weighted by atomic mass is 9.98. The zero-order chi connectivity index (χ0) is 15.1. The van der Waals surface area contributed by atoms with E-state index in [4.69, 9.17) is 15.6 Å². The van der Waals surface area contributed by atoms with Crippen molar-refractivity contribution in [3.05, 3.63) is 0 Å². The van der Waals surface area contributed by atoms with Gasteiger partial charge in [-0.2, -0.15) is 0 Å². The first-order valence-electron chi connectivity index (χ1n) is 6.81. The number of unbranched alkanes of at least 4 members (excludes halogenated alkanes) is 2. The maximum Gasteiger partial charge on any atom is 0.222 e. The predicted molar refractivity (Wildman–Crippen MR) is 69.4 cm³/mol. The zero-order valence-corrected chi connectivity index (χ0v) is 11.3. The number of hydrogen-bond acceptors (Lipinski definition) is 7. The first-order chi connectivity index (χ1) is 9.51. The first-order valence-corrected chi connectivity index (χ1v) is 6.81. The Kier molecular flexibility index (Phi) is 7.35. The predicted octanol–water partition coefficient (Wildman–Crippen LogP) is -2.58. The van der Waals surface area contributed by atoms with Crippen LogP contribution in [0.15, 0.2) is 0 Å². The van der Waals surface area contributed by atoms with Gasteiger partial charge in [-0.05, 0) is 19.4 Å². The Bertz CT molecular complexity index is 302. The van der Waals surface area contributed by atoms with Crippen LogP contribution in [0.4, 0.5) is 0 Å². The lowest BCUT2D eigenvalue weighted by Gasteiger charge is -2.40. The number of aliphatic hydroxyl groups excluding tert-OH is 4. The van der Waals surface area contributed by atoms with Crippen molar-refractivity contribution in [3.63, 3.8) is 0 Å². The molecule has 0 unspecified atom stereocenters. The van der Waals surface area contributed by atoms with Crippen LogP contribution in [0.25, 0.3) is 0 Å². The summed E-state index contributed by atoms with van der Waals surface area (Å²) in [5.41, 5.74) is 5.34. The molecule has 0 aromatic carbocycles. The van der Waals surface area contributed by atoms with Crippen molar-refractivity contribution >= 4 is 5.91 Å².